The number of nitrogens with one attached hydrogen (secondary N) is 1. The summed E-state index contributed by atoms with van der Waals surface area (Å²) in [7, 11) is 0. The van der Waals surface area contributed by atoms with Gasteiger partial charge in [0, 0.05) is 6.42 Å². The van der Waals surface area contributed by atoms with Crippen molar-refractivity contribution in [3.8, 4) is 0 Å². The van der Waals surface area contributed by atoms with Crippen LogP contribution in [0.15, 0.2) is 24.3 Å². The highest BCUT2D eigenvalue weighted by Crippen LogP contribution is 2.16. The molecule has 29 heavy (non-hydrogen) atoms. The van der Waals surface area contributed by atoms with Crippen molar-refractivity contribution in [3.63, 3.8) is 0 Å². The molecule has 0 atom stereocenters. The number of carbonyl (C=O) groups is 2. The monoisotopic (exact) mass is 403 g/mol. The van der Waals surface area contributed by atoms with E-state index in [0.717, 1.165) is 12.8 Å². The predicted octanol–water partition coefficient (Wildman–Crippen LogP) is 7.58. The van der Waals surface area contributed by atoms with Crippen LogP contribution in [0.4, 0.5) is 5.69 Å². The van der Waals surface area contributed by atoms with E-state index in [1.54, 1.807) is 18.2 Å². The third-order valence-corrected chi connectivity index (χ3v) is 5.44. The number of unbranched alkanes of at least 4 members (excludes halogenated alkanes) is 14. The number of anilines is 1. The Morgan fingerprint density at radius 2 is 1.17 bits per heavy atom. The third kappa shape index (κ3) is 13.1. The van der Waals surface area contributed by atoms with E-state index < -0.39 is 5.97 Å². The van der Waals surface area contributed by atoms with E-state index in [4.69, 9.17) is 5.11 Å². The summed E-state index contributed by atoms with van der Waals surface area (Å²) in [5.41, 5.74) is 0.517. The highest BCUT2D eigenvalue weighted by Gasteiger charge is 2.11. The number of hydrogen-bond acceptors (Lipinski definition) is 2. The highest BCUT2D eigenvalue weighted by atomic mass is 16.4. The van der Waals surface area contributed by atoms with Gasteiger partial charge in [0.1, 0.15) is 0 Å². The molecular weight excluding hydrogens is 362 g/mol. The quantitative estimate of drug-likeness (QED) is 0.248. The number of rotatable bonds is 18. The van der Waals surface area contributed by atoms with Crippen LogP contribution in [-0.4, -0.2) is 17.0 Å². The molecule has 0 saturated heterocycles. The van der Waals surface area contributed by atoms with Gasteiger partial charge in [-0.15, -0.1) is 0 Å². The Hall–Kier alpha value is -1.84. The van der Waals surface area contributed by atoms with Gasteiger partial charge in [-0.25, -0.2) is 4.79 Å². The van der Waals surface area contributed by atoms with Gasteiger partial charge in [0.15, 0.2) is 0 Å². The van der Waals surface area contributed by atoms with Crippen molar-refractivity contribution in [2.24, 2.45) is 0 Å². The fraction of sp³-hybridized carbons (Fsp3) is 0.680. The molecule has 164 valence electrons. The third-order valence-electron chi connectivity index (χ3n) is 5.44. The normalized spacial score (nSPS) is 10.8. The maximum absolute atomic E-state index is 12.0. The molecule has 0 spiro atoms. The minimum Gasteiger partial charge on any atom is -0.478 e. The number of aromatic carboxylic acids is 1. The summed E-state index contributed by atoms with van der Waals surface area (Å²) in [5.74, 6) is -1.12. The van der Waals surface area contributed by atoms with Crippen molar-refractivity contribution >= 4 is 17.6 Å². The molecule has 4 nitrogen and oxygen atoms in total. The fourth-order valence-corrected chi connectivity index (χ4v) is 3.65. The standard InChI is InChI=1S/C25H41NO3/c1-2-3-4-5-6-7-8-9-10-11-12-13-14-15-16-21-24(27)26-23-20-18-17-19-22(23)25(28)29/h17-20H,2-16,21H2,1H3,(H,26,27)(H,28,29). The van der Waals surface area contributed by atoms with Gasteiger partial charge in [-0.05, 0) is 18.6 Å². The molecule has 1 amide bonds. The van der Waals surface area contributed by atoms with E-state index in [1.165, 1.54) is 89.5 Å². The van der Waals surface area contributed by atoms with Crippen molar-refractivity contribution in [2.75, 3.05) is 5.32 Å². The number of carbonyl (C=O) groups excluding carboxylic acids is 1. The number of benzene rings is 1. The van der Waals surface area contributed by atoms with E-state index >= 15 is 0 Å². The SMILES string of the molecule is CCCCCCCCCCCCCCCCCC(=O)Nc1ccccc1C(=O)O. The van der Waals surface area contributed by atoms with Gasteiger partial charge in [-0.1, -0.05) is 109 Å². The maximum atomic E-state index is 12.0. The van der Waals surface area contributed by atoms with Gasteiger partial charge >= 0.3 is 5.97 Å². The lowest BCUT2D eigenvalue weighted by Gasteiger charge is -2.08. The second-order valence-corrected chi connectivity index (χ2v) is 8.10. The van der Waals surface area contributed by atoms with Crippen LogP contribution in [0.1, 0.15) is 120 Å². The Morgan fingerprint density at radius 1 is 0.724 bits per heavy atom. The summed E-state index contributed by atoms with van der Waals surface area (Å²) in [6, 6.07) is 6.53. The van der Waals surface area contributed by atoms with E-state index in [2.05, 4.69) is 12.2 Å². The second-order valence-electron chi connectivity index (χ2n) is 8.10. The topological polar surface area (TPSA) is 66.4 Å². The zero-order valence-electron chi connectivity index (χ0n) is 18.4. The van der Waals surface area contributed by atoms with Crippen LogP contribution in [0.2, 0.25) is 0 Å². The predicted molar refractivity (Wildman–Crippen MR) is 122 cm³/mol. The average Bonchev–Trinajstić information content (AvgIpc) is 2.71. The number of carboxylic acids is 1. The molecule has 1 rings (SSSR count). The smallest absolute Gasteiger partial charge is 0.337 e. The first-order valence-corrected chi connectivity index (χ1v) is 11.8. The summed E-state index contributed by atoms with van der Waals surface area (Å²) >= 11 is 0. The summed E-state index contributed by atoms with van der Waals surface area (Å²) in [4.78, 5) is 23.2. The van der Waals surface area contributed by atoms with Gasteiger partial charge in [0.2, 0.25) is 5.91 Å². The van der Waals surface area contributed by atoms with E-state index in [1.807, 2.05) is 0 Å². The maximum Gasteiger partial charge on any atom is 0.337 e. The molecule has 0 saturated carbocycles. The Morgan fingerprint density at radius 3 is 1.66 bits per heavy atom. The minimum absolute atomic E-state index is 0.103. The van der Waals surface area contributed by atoms with Crippen molar-refractivity contribution in [3.05, 3.63) is 29.8 Å². The summed E-state index contributed by atoms with van der Waals surface area (Å²) in [5, 5.41) is 11.9. The molecule has 0 fully saturated rings. The van der Waals surface area contributed by atoms with Crippen molar-refractivity contribution in [1.29, 1.82) is 0 Å². The molecule has 0 unspecified atom stereocenters. The van der Waals surface area contributed by atoms with E-state index in [9.17, 15) is 9.59 Å². The van der Waals surface area contributed by atoms with E-state index in [-0.39, 0.29) is 11.5 Å². The van der Waals surface area contributed by atoms with Crippen LogP contribution in [0.3, 0.4) is 0 Å². The van der Waals surface area contributed by atoms with Crippen LogP contribution >= 0.6 is 0 Å². The molecular formula is C25H41NO3. The zero-order valence-corrected chi connectivity index (χ0v) is 18.4. The average molecular weight is 404 g/mol. The first-order valence-electron chi connectivity index (χ1n) is 11.8. The molecule has 0 bridgehead atoms. The first kappa shape index (κ1) is 25.2. The summed E-state index contributed by atoms with van der Waals surface area (Å²) in [6.45, 7) is 2.26. The molecule has 1 aromatic rings. The van der Waals surface area contributed by atoms with Crippen LogP contribution in [0, 0.1) is 0 Å². The van der Waals surface area contributed by atoms with Crippen molar-refractivity contribution in [2.45, 2.75) is 110 Å². The lowest BCUT2D eigenvalue weighted by atomic mass is 10.0. The van der Waals surface area contributed by atoms with Crippen LogP contribution < -0.4 is 5.32 Å². The summed E-state index contributed by atoms with van der Waals surface area (Å²) < 4.78 is 0. The first-order chi connectivity index (χ1) is 14.1. The number of carboxylic acid groups (broad SMARTS) is 1. The molecule has 0 aliphatic carbocycles. The minimum atomic E-state index is -1.02. The molecule has 0 radical (unpaired) electrons. The Balaban J connectivity index is 1.92. The molecule has 4 heteroatoms. The van der Waals surface area contributed by atoms with Crippen LogP contribution in [0.5, 0.6) is 0 Å². The number of para-hydroxylation sites is 1. The van der Waals surface area contributed by atoms with Gasteiger partial charge in [0.05, 0.1) is 11.3 Å². The largest absolute Gasteiger partial charge is 0.478 e. The number of hydrogen-bond donors (Lipinski definition) is 2. The Labute approximate surface area is 177 Å². The summed E-state index contributed by atoms with van der Waals surface area (Å²) in [6.07, 6.45) is 19.9. The Bertz CT molecular complexity index is 571. The van der Waals surface area contributed by atoms with Gasteiger partial charge < -0.3 is 10.4 Å². The van der Waals surface area contributed by atoms with Crippen molar-refractivity contribution in [1.82, 2.24) is 0 Å². The van der Waals surface area contributed by atoms with Gasteiger partial charge in [-0.2, -0.15) is 0 Å². The lowest BCUT2D eigenvalue weighted by Crippen LogP contribution is -2.14. The van der Waals surface area contributed by atoms with Crippen LogP contribution in [0.25, 0.3) is 0 Å². The second kappa shape index (κ2) is 17.1. The number of amides is 1. The van der Waals surface area contributed by atoms with E-state index in [0.29, 0.717) is 12.1 Å². The zero-order chi connectivity index (χ0) is 21.2. The van der Waals surface area contributed by atoms with Gasteiger partial charge in [-0.3, -0.25) is 4.79 Å². The molecule has 2 N–H and O–H groups in total. The molecule has 0 heterocycles. The van der Waals surface area contributed by atoms with Crippen molar-refractivity contribution < 1.29 is 14.7 Å². The molecule has 0 aliphatic heterocycles. The van der Waals surface area contributed by atoms with Gasteiger partial charge in [0.25, 0.3) is 0 Å². The van der Waals surface area contributed by atoms with Crippen LogP contribution in [-0.2, 0) is 4.79 Å². The molecule has 0 aliphatic rings. The fourth-order valence-electron chi connectivity index (χ4n) is 3.65. The molecule has 0 aromatic heterocycles. The highest BCUT2D eigenvalue weighted by molar-refractivity contribution is 6.00. The molecule has 1 aromatic carbocycles. The Kier molecular flexibility index (Phi) is 14.8. The lowest BCUT2D eigenvalue weighted by molar-refractivity contribution is -0.116.